The summed E-state index contributed by atoms with van der Waals surface area (Å²) >= 11 is 0. The largest absolute Gasteiger partial charge is 0.491 e. The molecule has 0 radical (unpaired) electrons. The Morgan fingerprint density at radius 1 is 1.12 bits per heavy atom. The van der Waals surface area contributed by atoms with Crippen molar-refractivity contribution in [3.05, 3.63) is 54.1 Å². The normalized spacial score (nSPS) is 13.0. The fraction of sp³-hybridized carbons (Fsp3) is 0.235. The molecule has 1 aromatic heterocycles. The molecule has 0 spiro atoms. The van der Waals surface area contributed by atoms with Gasteiger partial charge in [-0.3, -0.25) is 0 Å². The van der Waals surface area contributed by atoms with E-state index < -0.39 is 17.8 Å². The summed E-state index contributed by atoms with van der Waals surface area (Å²) in [6.45, 7) is 0.124. The first-order valence-electron chi connectivity index (χ1n) is 7.58. The van der Waals surface area contributed by atoms with Crippen LogP contribution in [0.2, 0.25) is 0 Å². The molecule has 0 aliphatic rings. The predicted molar refractivity (Wildman–Crippen MR) is 87.5 cm³/mol. The second-order valence-electron chi connectivity index (χ2n) is 5.47. The van der Waals surface area contributed by atoms with Crippen molar-refractivity contribution in [2.45, 2.75) is 12.3 Å². The number of nitrogens with one attached hydrogen (secondary N) is 2. The van der Waals surface area contributed by atoms with E-state index in [2.05, 4.69) is 15.3 Å². The zero-order valence-electron chi connectivity index (χ0n) is 13.0. The van der Waals surface area contributed by atoms with Gasteiger partial charge in [0.05, 0.1) is 16.6 Å². The summed E-state index contributed by atoms with van der Waals surface area (Å²) in [5, 5.41) is 12.9. The van der Waals surface area contributed by atoms with E-state index in [4.69, 9.17) is 4.74 Å². The van der Waals surface area contributed by atoms with Crippen molar-refractivity contribution in [1.29, 1.82) is 0 Å². The monoisotopic (exact) mass is 351 g/mol. The minimum Gasteiger partial charge on any atom is -0.491 e. The van der Waals surface area contributed by atoms with Gasteiger partial charge in [0.2, 0.25) is 5.95 Å². The number of para-hydroxylation sites is 2. The molecule has 1 atom stereocenters. The standard InChI is InChI=1S/C17H16F3N3O2/c18-17(19,20)11-5-7-13(8-6-11)25-10-12(24)9-21-16-22-14-3-1-2-4-15(14)23-16/h1-8,12,24H,9-10H2,(H2,21,22,23). The molecule has 1 unspecified atom stereocenters. The zero-order valence-corrected chi connectivity index (χ0v) is 13.0. The lowest BCUT2D eigenvalue weighted by Crippen LogP contribution is -2.26. The smallest absolute Gasteiger partial charge is 0.416 e. The van der Waals surface area contributed by atoms with E-state index in [-0.39, 0.29) is 18.9 Å². The molecule has 8 heteroatoms. The Bertz CT molecular complexity index is 798. The Morgan fingerprint density at radius 2 is 1.84 bits per heavy atom. The number of halogens is 3. The Kier molecular flexibility index (Phi) is 4.80. The number of hydrogen-bond acceptors (Lipinski definition) is 4. The van der Waals surface area contributed by atoms with Crippen LogP contribution in [-0.4, -0.2) is 34.3 Å². The molecular formula is C17H16F3N3O2. The number of imidazole rings is 1. The van der Waals surface area contributed by atoms with Crippen LogP contribution in [0.4, 0.5) is 19.1 Å². The van der Waals surface area contributed by atoms with Crippen LogP contribution in [0.25, 0.3) is 11.0 Å². The number of nitrogens with zero attached hydrogens (tertiary/aromatic N) is 1. The molecule has 132 valence electrons. The third kappa shape index (κ3) is 4.42. The van der Waals surface area contributed by atoms with E-state index in [1.54, 1.807) is 0 Å². The summed E-state index contributed by atoms with van der Waals surface area (Å²) in [6.07, 6.45) is -5.23. The van der Waals surface area contributed by atoms with Crippen molar-refractivity contribution < 1.29 is 23.0 Å². The molecule has 0 saturated heterocycles. The number of alkyl halides is 3. The van der Waals surface area contributed by atoms with Crippen molar-refractivity contribution >= 4 is 17.0 Å². The summed E-state index contributed by atoms with van der Waals surface area (Å²) in [5.41, 5.74) is 0.938. The van der Waals surface area contributed by atoms with Crippen molar-refractivity contribution in [2.24, 2.45) is 0 Å². The van der Waals surface area contributed by atoms with Crippen LogP contribution in [0.5, 0.6) is 5.75 Å². The van der Waals surface area contributed by atoms with Gasteiger partial charge < -0.3 is 20.1 Å². The fourth-order valence-electron chi connectivity index (χ4n) is 2.24. The first-order valence-corrected chi connectivity index (χ1v) is 7.58. The van der Waals surface area contributed by atoms with Gasteiger partial charge in [0, 0.05) is 6.54 Å². The lowest BCUT2D eigenvalue weighted by molar-refractivity contribution is -0.137. The van der Waals surface area contributed by atoms with Crippen LogP contribution in [0.15, 0.2) is 48.5 Å². The second-order valence-corrected chi connectivity index (χ2v) is 5.47. The number of aliphatic hydroxyl groups excluding tert-OH is 1. The maximum Gasteiger partial charge on any atom is 0.416 e. The average molecular weight is 351 g/mol. The Hall–Kier alpha value is -2.74. The Labute approximate surface area is 141 Å². The summed E-state index contributed by atoms with van der Waals surface area (Å²) in [5.74, 6) is 0.783. The fourth-order valence-corrected chi connectivity index (χ4v) is 2.24. The molecule has 2 aromatic carbocycles. The average Bonchev–Trinajstić information content (AvgIpc) is 3.00. The summed E-state index contributed by atoms with van der Waals surface area (Å²) in [4.78, 5) is 7.37. The highest BCUT2D eigenvalue weighted by Crippen LogP contribution is 2.30. The SMILES string of the molecule is OC(CNc1nc2ccccc2[nH]1)COc1ccc(C(F)(F)F)cc1. The van der Waals surface area contributed by atoms with Crippen LogP contribution in [0, 0.1) is 0 Å². The quantitative estimate of drug-likeness (QED) is 0.636. The lowest BCUT2D eigenvalue weighted by Gasteiger charge is -2.13. The molecule has 3 N–H and O–H groups in total. The maximum atomic E-state index is 12.5. The molecule has 25 heavy (non-hydrogen) atoms. The molecule has 5 nitrogen and oxygen atoms in total. The third-order valence-electron chi connectivity index (χ3n) is 3.52. The molecule has 0 bridgehead atoms. The number of ether oxygens (including phenoxy) is 1. The first-order chi connectivity index (χ1) is 11.9. The van der Waals surface area contributed by atoms with E-state index in [0.29, 0.717) is 5.95 Å². The van der Waals surface area contributed by atoms with E-state index in [1.807, 2.05) is 24.3 Å². The molecule has 0 aliphatic carbocycles. The van der Waals surface area contributed by atoms with Gasteiger partial charge in [0.25, 0.3) is 0 Å². The van der Waals surface area contributed by atoms with E-state index in [0.717, 1.165) is 23.2 Å². The molecule has 0 fully saturated rings. The van der Waals surface area contributed by atoms with Crippen LogP contribution < -0.4 is 10.1 Å². The number of benzene rings is 2. The van der Waals surface area contributed by atoms with Crippen LogP contribution in [0.3, 0.4) is 0 Å². The Balaban J connectivity index is 1.48. The molecule has 3 aromatic rings. The van der Waals surface area contributed by atoms with Crippen LogP contribution in [0.1, 0.15) is 5.56 Å². The van der Waals surface area contributed by atoms with E-state index >= 15 is 0 Å². The number of fused-ring (bicyclic) bond motifs is 1. The van der Waals surface area contributed by atoms with Gasteiger partial charge in [0.15, 0.2) is 0 Å². The van der Waals surface area contributed by atoms with Gasteiger partial charge in [-0.2, -0.15) is 13.2 Å². The number of H-pyrrole nitrogens is 1. The van der Waals surface area contributed by atoms with Gasteiger partial charge in [-0.05, 0) is 36.4 Å². The molecule has 0 amide bonds. The van der Waals surface area contributed by atoms with Gasteiger partial charge >= 0.3 is 6.18 Å². The van der Waals surface area contributed by atoms with Crippen molar-refractivity contribution in [2.75, 3.05) is 18.5 Å². The van der Waals surface area contributed by atoms with Crippen LogP contribution in [-0.2, 0) is 6.18 Å². The topological polar surface area (TPSA) is 70.2 Å². The molecule has 1 heterocycles. The highest BCUT2D eigenvalue weighted by Gasteiger charge is 2.30. The number of aromatic amines is 1. The number of aromatic nitrogens is 2. The minimum absolute atomic E-state index is 0.0570. The highest BCUT2D eigenvalue weighted by atomic mass is 19.4. The van der Waals surface area contributed by atoms with Crippen molar-refractivity contribution in [3.63, 3.8) is 0 Å². The number of aliphatic hydroxyl groups is 1. The van der Waals surface area contributed by atoms with Gasteiger partial charge in [-0.1, -0.05) is 12.1 Å². The third-order valence-corrected chi connectivity index (χ3v) is 3.52. The number of anilines is 1. The minimum atomic E-state index is -4.38. The lowest BCUT2D eigenvalue weighted by atomic mass is 10.2. The predicted octanol–water partition coefficient (Wildman–Crippen LogP) is 3.43. The molecular weight excluding hydrogens is 335 g/mol. The molecule has 3 rings (SSSR count). The van der Waals surface area contributed by atoms with Crippen molar-refractivity contribution in [3.8, 4) is 5.75 Å². The van der Waals surface area contributed by atoms with E-state index in [1.165, 1.54) is 12.1 Å². The van der Waals surface area contributed by atoms with Gasteiger partial charge in [-0.25, -0.2) is 4.98 Å². The summed E-state index contributed by atoms with van der Waals surface area (Å²) in [7, 11) is 0. The van der Waals surface area contributed by atoms with Crippen LogP contribution >= 0.6 is 0 Å². The molecule has 0 aliphatic heterocycles. The summed E-state index contributed by atoms with van der Waals surface area (Å²) < 4.78 is 42.7. The first kappa shape index (κ1) is 17.1. The van der Waals surface area contributed by atoms with Gasteiger partial charge in [0.1, 0.15) is 18.5 Å². The molecule has 0 saturated carbocycles. The summed E-state index contributed by atoms with van der Waals surface area (Å²) in [6, 6.07) is 11.8. The van der Waals surface area contributed by atoms with Crippen molar-refractivity contribution in [1.82, 2.24) is 9.97 Å². The van der Waals surface area contributed by atoms with E-state index in [9.17, 15) is 18.3 Å². The number of hydrogen-bond donors (Lipinski definition) is 3. The second kappa shape index (κ2) is 7.02. The van der Waals surface area contributed by atoms with Gasteiger partial charge in [-0.15, -0.1) is 0 Å². The highest BCUT2D eigenvalue weighted by molar-refractivity contribution is 5.77. The maximum absolute atomic E-state index is 12.5. The Morgan fingerprint density at radius 3 is 2.52 bits per heavy atom. The zero-order chi connectivity index (χ0) is 17.9. The number of rotatable bonds is 6.